The van der Waals surface area contributed by atoms with Crippen molar-refractivity contribution in [3.8, 4) is 0 Å². The maximum atomic E-state index is 8.59. The van der Waals surface area contributed by atoms with Crippen LogP contribution in [0.3, 0.4) is 0 Å². The van der Waals surface area contributed by atoms with Gasteiger partial charge in [0.15, 0.2) is 0 Å². The van der Waals surface area contributed by atoms with Crippen LogP contribution in [-0.2, 0) is 0 Å². The largest absolute Gasteiger partial charge is 0.820 e. The summed E-state index contributed by atoms with van der Waals surface area (Å²) in [7, 11) is -3.12. The van der Waals surface area contributed by atoms with Crippen molar-refractivity contribution in [1.29, 1.82) is 0 Å². The fraction of sp³-hybridized carbons (Fsp3) is 0. The molecule has 5 nitrogen and oxygen atoms in total. The Morgan fingerprint density at radius 1 is 1.17 bits per heavy atom. The first-order chi connectivity index (χ1) is 1.73. The lowest BCUT2D eigenvalue weighted by molar-refractivity contribution is -0.313. The van der Waals surface area contributed by atoms with Crippen LogP contribution < -0.4 is 22.1 Å². The first kappa shape index (κ1) is 16.3. The molecule has 0 fully saturated rings. The van der Waals surface area contributed by atoms with Gasteiger partial charge in [0.1, 0.15) is 0 Å². The molecule has 0 saturated heterocycles. The summed E-state index contributed by atoms with van der Waals surface area (Å²) < 4.78 is 0. The SMILES string of the molecule is [NH4+].[NH4+].[O-]P([O-])O. The minimum absolute atomic E-state index is 0. The molecule has 6 heteroatoms. The van der Waals surface area contributed by atoms with E-state index in [1.54, 1.807) is 0 Å². The Hall–Kier alpha value is 0.230. The summed E-state index contributed by atoms with van der Waals surface area (Å²) in [5, 5.41) is 0. The second kappa shape index (κ2) is 8.97. The fourth-order valence-corrected chi connectivity index (χ4v) is 0. The van der Waals surface area contributed by atoms with Crippen molar-refractivity contribution in [2.45, 2.75) is 0 Å². The predicted octanol–water partition coefficient (Wildman–Crippen LogP) is -1.32. The van der Waals surface area contributed by atoms with Gasteiger partial charge >= 0.3 is 0 Å². The van der Waals surface area contributed by atoms with Gasteiger partial charge in [0.05, 0.1) is 0 Å². The molecular weight excluding hydrogens is 107 g/mol. The van der Waals surface area contributed by atoms with Gasteiger partial charge in [-0.25, -0.2) is 0 Å². The van der Waals surface area contributed by atoms with Gasteiger partial charge in [0.2, 0.25) is 0 Å². The van der Waals surface area contributed by atoms with Crippen LogP contribution in [0.25, 0.3) is 0 Å². The first-order valence-corrected chi connectivity index (χ1v) is 1.70. The molecule has 0 aliphatic rings. The average molecular weight is 116 g/mol. The zero-order chi connectivity index (χ0) is 3.58. The molecule has 0 bridgehead atoms. The van der Waals surface area contributed by atoms with Gasteiger partial charge in [-0.1, -0.05) is 0 Å². The quantitative estimate of drug-likeness (QED) is 0.338. The second-order valence-electron chi connectivity index (χ2n) is 0.238. The van der Waals surface area contributed by atoms with E-state index in [1.807, 2.05) is 0 Å². The third kappa shape index (κ3) is 834. The molecule has 0 heterocycles. The minimum atomic E-state index is -3.12. The molecule has 6 heavy (non-hydrogen) atoms. The van der Waals surface area contributed by atoms with Crippen LogP contribution in [0.5, 0.6) is 0 Å². The van der Waals surface area contributed by atoms with Crippen LogP contribution in [0.1, 0.15) is 0 Å². The third-order valence-corrected chi connectivity index (χ3v) is 0. The zero-order valence-electron chi connectivity index (χ0n) is 3.71. The predicted molar refractivity (Wildman–Crippen MR) is 21.1 cm³/mol. The first-order valence-electron chi connectivity index (χ1n) is 0.565. The van der Waals surface area contributed by atoms with Crippen LogP contribution in [-0.4, -0.2) is 4.89 Å². The maximum absolute atomic E-state index is 8.59. The Bertz CT molecular complexity index is 13.5. The van der Waals surface area contributed by atoms with Crippen molar-refractivity contribution in [2.24, 2.45) is 0 Å². The van der Waals surface area contributed by atoms with Crippen molar-refractivity contribution in [2.75, 3.05) is 0 Å². The van der Waals surface area contributed by atoms with E-state index >= 15 is 0 Å². The van der Waals surface area contributed by atoms with E-state index in [4.69, 9.17) is 14.7 Å². The fourth-order valence-electron chi connectivity index (χ4n) is 0. The molecule has 0 unspecified atom stereocenters. The van der Waals surface area contributed by atoms with Crippen LogP contribution in [0, 0.1) is 0 Å². The highest BCUT2D eigenvalue weighted by Gasteiger charge is 1.34. The van der Waals surface area contributed by atoms with Crippen LogP contribution in [0.15, 0.2) is 0 Å². The summed E-state index contributed by atoms with van der Waals surface area (Å²) in [5.41, 5.74) is 0. The molecule has 0 spiro atoms. The van der Waals surface area contributed by atoms with Gasteiger partial charge in [-0.15, -0.1) is 0 Å². The van der Waals surface area contributed by atoms with E-state index in [0.717, 1.165) is 0 Å². The van der Waals surface area contributed by atoms with E-state index in [0.29, 0.717) is 0 Å². The lowest BCUT2D eigenvalue weighted by Gasteiger charge is -2.19. The third-order valence-electron chi connectivity index (χ3n) is 0. The Morgan fingerprint density at radius 3 is 1.17 bits per heavy atom. The Morgan fingerprint density at radius 2 is 1.17 bits per heavy atom. The van der Waals surface area contributed by atoms with Crippen molar-refractivity contribution < 1.29 is 14.7 Å². The highest BCUT2D eigenvalue weighted by atomic mass is 31.2. The van der Waals surface area contributed by atoms with Crippen molar-refractivity contribution in [1.82, 2.24) is 12.3 Å². The minimum Gasteiger partial charge on any atom is -0.820 e. The highest BCUT2D eigenvalue weighted by Crippen LogP contribution is 1.95. The van der Waals surface area contributed by atoms with Crippen LogP contribution >= 0.6 is 8.60 Å². The lowest BCUT2D eigenvalue weighted by Crippen LogP contribution is -2.04. The van der Waals surface area contributed by atoms with E-state index in [9.17, 15) is 0 Å². The van der Waals surface area contributed by atoms with Crippen LogP contribution in [0.2, 0.25) is 0 Å². The molecule has 0 aromatic rings. The monoisotopic (exact) mass is 116 g/mol. The molecule has 9 N–H and O–H groups in total. The Labute approximate surface area is 36.8 Å². The van der Waals surface area contributed by atoms with Gasteiger partial charge in [-0.05, 0) is 0 Å². The Kier molecular flexibility index (Phi) is 24.4. The van der Waals surface area contributed by atoms with E-state index in [-0.39, 0.29) is 12.3 Å². The molecule has 0 atom stereocenters. The molecule has 0 amide bonds. The summed E-state index contributed by atoms with van der Waals surface area (Å²) >= 11 is 0. The van der Waals surface area contributed by atoms with Crippen LogP contribution in [0.4, 0.5) is 0 Å². The van der Waals surface area contributed by atoms with Crippen molar-refractivity contribution in [3.05, 3.63) is 0 Å². The van der Waals surface area contributed by atoms with E-state index < -0.39 is 8.60 Å². The molecule has 0 aliphatic carbocycles. The smallest absolute Gasteiger partial charge is 0.165 e. The molecule has 0 aliphatic heterocycles. The van der Waals surface area contributed by atoms with E-state index in [2.05, 4.69) is 0 Å². The topological polar surface area (TPSA) is 139 Å². The van der Waals surface area contributed by atoms with E-state index in [1.165, 1.54) is 0 Å². The molecule has 42 valence electrons. The molecular formula is H9N2O3P. The second-order valence-corrected chi connectivity index (χ2v) is 0.714. The number of quaternary nitrogens is 2. The number of hydrogen-bond donors (Lipinski definition) is 3. The average Bonchev–Trinajstić information content (AvgIpc) is 0.811. The molecule has 0 aromatic carbocycles. The highest BCUT2D eigenvalue weighted by molar-refractivity contribution is 7.35. The lowest BCUT2D eigenvalue weighted by atomic mass is 14.0. The molecule has 0 aromatic heterocycles. The van der Waals surface area contributed by atoms with Crippen molar-refractivity contribution >= 4 is 8.60 Å². The molecule has 0 radical (unpaired) electrons. The maximum Gasteiger partial charge on any atom is -0.165 e. The van der Waals surface area contributed by atoms with Crippen molar-refractivity contribution in [3.63, 3.8) is 0 Å². The van der Waals surface area contributed by atoms with Gasteiger partial charge < -0.3 is 27.0 Å². The Balaban J connectivity index is -0.0000000450. The van der Waals surface area contributed by atoms with Gasteiger partial charge in [0, 0.05) is 0 Å². The summed E-state index contributed by atoms with van der Waals surface area (Å²) in [6, 6.07) is 0. The summed E-state index contributed by atoms with van der Waals surface area (Å²) in [6.45, 7) is 0. The van der Waals surface area contributed by atoms with Gasteiger partial charge in [-0.2, -0.15) is 8.60 Å². The standard InChI is InChI=1S/2H3N.HO3P/c;;1-4(2)3/h2*1H3;1H/q;;-2/p+2. The normalized spacial score (nSPS) is 6.00. The number of hydrogen-bond acceptors (Lipinski definition) is 3. The molecule has 0 saturated carbocycles. The summed E-state index contributed by atoms with van der Waals surface area (Å²) in [4.78, 5) is 24.2. The number of rotatable bonds is 0. The van der Waals surface area contributed by atoms with Gasteiger partial charge in [0.25, 0.3) is 0 Å². The molecule has 0 rings (SSSR count). The van der Waals surface area contributed by atoms with Gasteiger partial charge in [-0.3, -0.25) is 0 Å². The summed E-state index contributed by atoms with van der Waals surface area (Å²) in [6.07, 6.45) is 0. The zero-order valence-corrected chi connectivity index (χ0v) is 4.61. The summed E-state index contributed by atoms with van der Waals surface area (Å²) in [5.74, 6) is 0.